The Kier molecular flexibility index (Phi) is 3.06. The van der Waals surface area contributed by atoms with Crippen molar-refractivity contribution in [3.63, 3.8) is 0 Å². The van der Waals surface area contributed by atoms with Gasteiger partial charge in [0.05, 0.1) is 17.5 Å². The molecule has 0 spiro atoms. The quantitative estimate of drug-likeness (QED) is 0.763. The maximum Gasteiger partial charge on any atom is 0.0600 e. The van der Waals surface area contributed by atoms with Gasteiger partial charge >= 0.3 is 0 Å². The molecule has 1 fully saturated rings. The highest BCUT2D eigenvalue weighted by molar-refractivity contribution is 5.70. The number of aliphatic hydroxyl groups excluding tert-OH is 1. The van der Waals surface area contributed by atoms with E-state index in [0.717, 1.165) is 36.3 Å². The number of aryl methyl sites for hydroxylation is 1. The number of hydrogen-bond donors (Lipinski definition) is 2. The molecule has 0 aromatic heterocycles. The van der Waals surface area contributed by atoms with E-state index in [2.05, 4.69) is 18.0 Å². The molecule has 3 N–H and O–H groups in total. The van der Waals surface area contributed by atoms with Crippen LogP contribution in [0.15, 0.2) is 18.2 Å². The third-order valence-electron chi connectivity index (χ3n) is 3.46. The monoisotopic (exact) mass is 220 g/mol. The highest BCUT2D eigenvalue weighted by Crippen LogP contribution is 2.31. The molecule has 0 atom stereocenters. The molecular formula is C13H20N2O. The molecule has 2 rings (SSSR count). The van der Waals surface area contributed by atoms with Gasteiger partial charge in [0.2, 0.25) is 0 Å². The third kappa shape index (κ3) is 2.14. The average molecular weight is 220 g/mol. The lowest BCUT2D eigenvalue weighted by Crippen LogP contribution is -2.37. The van der Waals surface area contributed by atoms with Gasteiger partial charge in [-0.2, -0.15) is 0 Å². The van der Waals surface area contributed by atoms with E-state index in [1.54, 1.807) is 0 Å². The van der Waals surface area contributed by atoms with Gasteiger partial charge in [-0.25, -0.2) is 0 Å². The van der Waals surface area contributed by atoms with Gasteiger partial charge in [0.15, 0.2) is 0 Å². The van der Waals surface area contributed by atoms with Crippen molar-refractivity contribution in [1.29, 1.82) is 0 Å². The van der Waals surface area contributed by atoms with Crippen molar-refractivity contribution in [2.24, 2.45) is 5.92 Å². The van der Waals surface area contributed by atoms with Crippen LogP contribution in [0.25, 0.3) is 0 Å². The summed E-state index contributed by atoms with van der Waals surface area (Å²) in [5.74, 6) is 0.611. The minimum Gasteiger partial charge on any atom is -0.397 e. The van der Waals surface area contributed by atoms with Crippen LogP contribution in [0.5, 0.6) is 0 Å². The van der Waals surface area contributed by atoms with Gasteiger partial charge in [0.25, 0.3) is 0 Å². The van der Waals surface area contributed by atoms with E-state index in [1.807, 2.05) is 19.1 Å². The molecule has 1 aliphatic carbocycles. The first-order valence-electron chi connectivity index (χ1n) is 5.82. The van der Waals surface area contributed by atoms with Gasteiger partial charge in [-0.1, -0.05) is 12.1 Å². The van der Waals surface area contributed by atoms with Crippen molar-refractivity contribution in [2.75, 3.05) is 24.2 Å². The molecule has 0 heterocycles. The molecular weight excluding hydrogens is 200 g/mol. The van der Waals surface area contributed by atoms with Crippen molar-refractivity contribution in [3.8, 4) is 0 Å². The van der Waals surface area contributed by atoms with E-state index in [0.29, 0.717) is 5.92 Å². The molecule has 3 heteroatoms. The number of para-hydroxylation sites is 1. The first kappa shape index (κ1) is 11.3. The Balaban J connectivity index is 2.03. The fourth-order valence-corrected chi connectivity index (χ4v) is 2.33. The molecule has 0 unspecified atom stereocenters. The first-order chi connectivity index (χ1) is 7.58. The molecule has 88 valence electrons. The standard InChI is InChI=1S/C13H20N2O/c1-9-4-3-5-12(13(9)14)15(2)8-10-6-11(16)7-10/h3-5,10-11,16H,6-8,14H2,1-2H3. The molecule has 1 aliphatic rings. The summed E-state index contributed by atoms with van der Waals surface area (Å²) >= 11 is 0. The number of nitrogen functional groups attached to an aromatic ring is 1. The van der Waals surface area contributed by atoms with Crippen LogP contribution >= 0.6 is 0 Å². The van der Waals surface area contributed by atoms with E-state index >= 15 is 0 Å². The third-order valence-corrected chi connectivity index (χ3v) is 3.46. The Labute approximate surface area is 96.9 Å². The number of nitrogens with two attached hydrogens (primary N) is 1. The van der Waals surface area contributed by atoms with Gasteiger partial charge in [-0.05, 0) is 37.3 Å². The SMILES string of the molecule is Cc1cccc(N(C)CC2CC(O)C2)c1N. The average Bonchev–Trinajstić information content (AvgIpc) is 2.19. The molecule has 3 nitrogen and oxygen atoms in total. The predicted octanol–water partition coefficient (Wildman–Crippen LogP) is 1.78. The zero-order valence-electron chi connectivity index (χ0n) is 9.98. The Morgan fingerprint density at radius 1 is 1.44 bits per heavy atom. The zero-order chi connectivity index (χ0) is 11.7. The summed E-state index contributed by atoms with van der Waals surface area (Å²) in [5.41, 5.74) is 9.14. The van der Waals surface area contributed by atoms with Crippen LogP contribution in [0, 0.1) is 12.8 Å². The number of anilines is 2. The van der Waals surface area contributed by atoms with E-state index < -0.39 is 0 Å². The fourth-order valence-electron chi connectivity index (χ4n) is 2.33. The molecule has 16 heavy (non-hydrogen) atoms. The normalized spacial score (nSPS) is 23.9. The van der Waals surface area contributed by atoms with Crippen LogP contribution in [-0.2, 0) is 0 Å². The molecule has 1 aromatic carbocycles. The van der Waals surface area contributed by atoms with Gasteiger partial charge in [0.1, 0.15) is 0 Å². The Morgan fingerprint density at radius 3 is 2.75 bits per heavy atom. The topological polar surface area (TPSA) is 49.5 Å². The van der Waals surface area contributed by atoms with Crippen LogP contribution in [0.3, 0.4) is 0 Å². The highest BCUT2D eigenvalue weighted by atomic mass is 16.3. The second-order valence-corrected chi connectivity index (χ2v) is 4.88. The Morgan fingerprint density at radius 2 is 2.12 bits per heavy atom. The molecule has 1 aromatic rings. The summed E-state index contributed by atoms with van der Waals surface area (Å²) in [6.45, 7) is 3.00. The summed E-state index contributed by atoms with van der Waals surface area (Å²) < 4.78 is 0. The first-order valence-corrected chi connectivity index (χ1v) is 5.82. The smallest absolute Gasteiger partial charge is 0.0600 e. The molecule has 0 bridgehead atoms. The predicted molar refractivity (Wildman–Crippen MR) is 67.6 cm³/mol. The Hall–Kier alpha value is -1.22. The summed E-state index contributed by atoms with van der Waals surface area (Å²) in [7, 11) is 2.07. The minimum atomic E-state index is -0.0757. The van der Waals surface area contributed by atoms with Crippen LogP contribution in [0.4, 0.5) is 11.4 Å². The number of nitrogens with zero attached hydrogens (tertiary/aromatic N) is 1. The molecule has 0 radical (unpaired) electrons. The highest BCUT2D eigenvalue weighted by Gasteiger charge is 2.28. The van der Waals surface area contributed by atoms with Crippen LogP contribution in [-0.4, -0.2) is 24.8 Å². The molecule has 0 saturated heterocycles. The van der Waals surface area contributed by atoms with Crippen molar-refractivity contribution in [1.82, 2.24) is 0 Å². The largest absolute Gasteiger partial charge is 0.397 e. The number of benzene rings is 1. The lowest BCUT2D eigenvalue weighted by Gasteiger charge is -2.35. The second kappa shape index (κ2) is 4.34. The van der Waals surface area contributed by atoms with E-state index in [-0.39, 0.29) is 6.10 Å². The van der Waals surface area contributed by atoms with Crippen molar-refractivity contribution in [3.05, 3.63) is 23.8 Å². The zero-order valence-corrected chi connectivity index (χ0v) is 9.98. The second-order valence-electron chi connectivity index (χ2n) is 4.88. The van der Waals surface area contributed by atoms with Gasteiger partial charge < -0.3 is 15.7 Å². The maximum absolute atomic E-state index is 9.26. The van der Waals surface area contributed by atoms with Gasteiger partial charge in [-0.3, -0.25) is 0 Å². The summed E-state index contributed by atoms with van der Waals surface area (Å²) in [4.78, 5) is 2.19. The van der Waals surface area contributed by atoms with Crippen LogP contribution < -0.4 is 10.6 Å². The van der Waals surface area contributed by atoms with Gasteiger partial charge in [0, 0.05) is 13.6 Å². The van der Waals surface area contributed by atoms with E-state index in [9.17, 15) is 5.11 Å². The molecule has 1 saturated carbocycles. The van der Waals surface area contributed by atoms with Crippen LogP contribution in [0.1, 0.15) is 18.4 Å². The Bertz CT molecular complexity index is 372. The van der Waals surface area contributed by atoms with Crippen molar-refractivity contribution in [2.45, 2.75) is 25.9 Å². The molecule has 0 amide bonds. The summed E-state index contributed by atoms with van der Waals surface area (Å²) in [6.07, 6.45) is 1.78. The van der Waals surface area contributed by atoms with Gasteiger partial charge in [-0.15, -0.1) is 0 Å². The fraction of sp³-hybridized carbons (Fsp3) is 0.538. The van der Waals surface area contributed by atoms with Crippen molar-refractivity contribution >= 4 is 11.4 Å². The van der Waals surface area contributed by atoms with E-state index in [1.165, 1.54) is 0 Å². The summed E-state index contributed by atoms with van der Waals surface area (Å²) in [6, 6.07) is 6.12. The number of aliphatic hydroxyl groups is 1. The lowest BCUT2D eigenvalue weighted by atomic mass is 9.82. The van der Waals surface area contributed by atoms with E-state index in [4.69, 9.17) is 5.73 Å². The minimum absolute atomic E-state index is 0.0757. The van der Waals surface area contributed by atoms with Crippen molar-refractivity contribution < 1.29 is 5.11 Å². The summed E-state index contributed by atoms with van der Waals surface area (Å²) in [5, 5.41) is 9.26. The number of rotatable bonds is 3. The van der Waals surface area contributed by atoms with Crippen LogP contribution in [0.2, 0.25) is 0 Å². The molecule has 0 aliphatic heterocycles. The lowest BCUT2D eigenvalue weighted by molar-refractivity contribution is 0.0465. The number of hydrogen-bond acceptors (Lipinski definition) is 3. The maximum atomic E-state index is 9.26.